The Hall–Kier alpha value is -2.73. The van der Waals surface area contributed by atoms with Crippen LogP contribution in [0.2, 0.25) is 0 Å². The standard InChI is InChI=1S/C15H9N3O2S/c19-9-13-14(17-15-18(13)6-7-21-15)20-11-4-3-10-2-1-5-16-12(10)8-11/h1-9H. The van der Waals surface area contributed by atoms with Crippen LogP contribution in [0.5, 0.6) is 11.6 Å². The lowest BCUT2D eigenvalue weighted by Crippen LogP contribution is -1.92. The highest BCUT2D eigenvalue weighted by molar-refractivity contribution is 7.15. The minimum absolute atomic E-state index is 0.312. The highest BCUT2D eigenvalue weighted by Gasteiger charge is 2.14. The van der Waals surface area contributed by atoms with Crippen LogP contribution >= 0.6 is 11.3 Å². The number of aldehydes is 1. The zero-order valence-corrected chi connectivity index (χ0v) is 11.6. The number of pyridine rings is 1. The molecule has 4 rings (SSSR count). The predicted octanol–water partition coefficient (Wildman–Crippen LogP) is 3.55. The van der Waals surface area contributed by atoms with Crippen LogP contribution in [0.1, 0.15) is 10.5 Å². The van der Waals surface area contributed by atoms with Crippen molar-refractivity contribution in [3.05, 3.63) is 53.8 Å². The van der Waals surface area contributed by atoms with E-state index in [1.54, 1.807) is 16.8 Å². The zero-order chi connectivity index (χ0) is 14.2. The van der Waals surface area contributed by atoms with Gasteiger partial charge in [0.2, 0.25) is 5.88 Å². The second kappa shape index (κ2) is 4.68. The topological polar surface area (TPSA) is 56.5 Å². The average Bonchev–Trinajstić information content (AvgIpc) is 3.07. The molecule has 0 atom stereocenters. The van der Waals surface area contributed by atoms with E-state index in [1.165, 1.54) is 11.3 Å². The Kier molecular flexibility index (Phi) is 2.68. The number of nitrogens with zero attached hydrogens (tertiary/aromatic N) is 3. The number of imidazole rings is 1. The third-order valence-corrected chi connectivity index (χ3v) is 3.93. The van der Waals surface area contributed by atoms with Crippen LogP contribution in [0.15, 0.2) is 48.1 Å². The molecule has 0 aliphatic carbocycles. The van der Waals surface area contributed by atoms with E-state index in [2.05, 4.69) is 9.97 Å². The molecule has 0 fully saturated rings. The molecule has 0 spiro atoms. The molecule has 0 bridgehead atoms. The molecule has 0 aliphatic rings. The maximum atomic E-state index is 11.3. The van der Waals surface area contributed by atoms with Crippen molar-refractivity contribution in [3.8, 4) is 11.6 Å². The molecule has 5 nitrogen and oxygen atoms in total. The summed E-state index contributed by atoms with van der Waals surface area (Å²) in [6.45, 7) is 0. The number of aromatic nitrogens is 3. The van der Waals surface area contributed by atoms with Crippen LogP contribution in [0.4, 0.5) is 0 Å². The van der Waals surface area contributed by atoms with E-state index < -0.39 is 0 Å². The fourth-order valence-electron chi connectivity index (χ4n) is 2.19. The zero-order valence-electron chi connectivity index (χ0n) is 10.8. The molecule has 3 heterocycles. The summed E-state index contributed by atoms with van der Waals surface area (Å²) in [4.78, 5) is 20.6. The minimum atomic E-state index is 0.312. The van der Waals surface area contributed by atoms with E-state index in [4.69, 9.17) is 4.74 Å². The molecule has 21 heavy (non-hydrogen) atoms. The first-order valence-electron chi connectivity index (χ1n) is 6.28. The molecule has 0 saturated carbocycles. The Balaban J connectivity index is 1.78. The summed E-state index contributed by atoms with van der Waals surface area (Å²) in [7, 11) is 0. The van der Waals surface area contributed by atoms with E-state index in [1.807, 2.05) is 35.7 Å². The lowest BCUT2D eigenvalue weighted by molar-refractivity contribution is 0.111. The third-order valence-electron chi connectivity index (χ3n) is 3.17. The Morgan fingerprint density at radius 3 is 3.14 bits per heavy atom. The monoisotopic (exact) mass is 295 g/mol. The Morgan fingerprint density at radius 1 is 1.29 bits per heavy atom. The van der Waals surface area contributed by atoms with Crippen LogP contribution in [0.25, 0.3) is 15.9 Å². The first kappa shape index (κ1) is 12.0. The molecule has 102 valence electrons. The van der Waals surface area contributed by atoms with E-state index in [0.29, 0.717) is 17.3 Å². The number of benzene rings is 1. The van der Waals surface area contributed by atoms with Gasteiger partial charge in [0.15, 0.2) is 16.9 Å². The van der Waals surface area contributed by atoms with Gasteiger partial charge in [-0.15, -0.1) is 11.3 Å². The van der Waals surface area contributed by atoms with Gasteiger partial charge in [-0.1, -0.05) is 6.07 Å². The lowest BCUT2D eigenvalue weighted by Gasteiger charge is -2.04. The molecule has 0 N–H and O–H groups in total. The molecule has 0 aliphatic heterocycles. The van der Waals surface area contributed by atoms with Crippen molar-refractivity contribution in [1.82, 2.24) is 14.4 Å². The molecule has 6 heteroatoms. The van der Waals surface area contributed by atoms with Gasteiger partial charge in [-0.25, -0.2) is 0 Å². The largest absolute Gasteiger partial charge is 0.437 e. The van der Waals surface area contributed by atoms with Crippen LogP contribution in [-0.2, 0) is 0 Å². The van der Waals surface area contributed by atoms with E-state index >= 15 is 0 Å². The molecular formula is C15H9N3O2S. The highest BCUT2D eigenvalue weighted by Crippen LogP contribution is 2.28. The van der Waals surface area contributed by atoms with Crippen molar-refractivity contribution < 1.29 is 9.53 Å². The number of ether oxygens (including phenoxy) is 1. The van der Waals surface area contributed by atoms with Gasteiger partial charge in [0.25, 0.3) is 0 Å². The first-order chi connectivity index (χ1) is 10.3. The summed E-state index contributed by atoms with van der Waals surface area (Å²) in [5.41, 5.74) is 1.25. The van der Waals surface area contributed by atoms with Crippen molar-refractivity contribution in [2.24, 2.45) is 0 Å². The molecular weight excluding hydrogens is 286 g/mol. The van der Waals surface area contributed by atoms with Gasteiger partial charge in [0, 0.05) is 29.2 Å². The SMILES string of the molecule is O=Cc1c(Oc2ccc3cccnc3c2)nc2sccn12. The van der Waals surface area contributed by atoms with E-state index in [0.717, 1.165) is 22.1 Å². The lowest BCUT2D eigenvalue weighted by atomic mass is 10.2. The minimum Gasteiger partial charge on any atom is -0.437 e. The van der Waals surface area contributed by atoms with Crippen LogP contribution in [0, 0.1) is 0 Å². The van der Waals surface area contributed by atoms with Gasteiger partial charge in [-0.2, -0.15) is 4.98 Å². The number of hydrogen-bond donors (Lipinski definition) is 0. The molecule has 0 amide bonds. The van der Waals surface area contributed by atoms with Gasteiger partial charge in [0.1, 0.15) is 5.75 Å². The second-order valence-electron chi connectivity index (χ2n) is 4.44. The molecule has 3 aromatic heterocycles. The van der Waals surface area contributed by atoms with Crippen molar-refractivity contribution in [1.29, 1.82) is 0 Å². The summed E-state index contributed by atoms with van der Waals surface area (Å²) in [6.07, 6.45) is 4.28. The van der Waals surface area contributed by atoms with Crippen LogP contribution in [-0.4, -0.2) is 20.7 Å². The number of rotatable bonds is 3. The third kappa shape index (κ3) is 1.96. The van der Waals surface area contributed by atoms with Crippen LogP contribution < -0.4 is 4.74 Å². The summed E-state index contributed by atoms with van der Waals surface area (Å²) < 4.78 is 7.47. The van der Waals surface area contributed by atoms with Crippen molar-refractivity contribution in [2.75, 3.05) is 0 Å². The van der Waals surface area contributed by atoms with E-state index in [-0.39, 0.29) is 0 Å². The number of carbonyl (C=O) groups is 1. The Morgan fingerprint density at radius 2 is 2.24 bits per heavy atom. The fourth-order valence-corrected chi connectivity index (χ4v) is 2.90. The van der Waals surface area contributed by atoms with Gasteiger partial charge in [-0.05, 0) is 18.2 Å². The summed E-state index contributed by atoms with van der Waals surface area (Å²) >= 11 is 1.45. The van der Waals surface area contributed by atoms with Crippen molar-refractivity contribution >= 4 is 33.5 Å². The molecule has 0 radical (unpaired) electrons. The van der Waals surface area contributed by atoms with Gasteiger partial charge < -0.3 is 4.74 Å². The molecule has 0 saturated heterocycles. The quantitative estimate of drug-likeness (QED) is 0.542. The Bertz CT molecular complexity index is 958. The molecule has 1 aromatic carbocycles. The molecule has 0 unspecified atom stereocenters. The second-order valence-corrected chi connectivity index (χ2v) is 5.31. The van der Waals surface area contributed by atoms with E-state index in [9.17, 15) is 4.79 Å². The highest BCUT2D eigenvalue weighted by atomic mass is 32.1. The van der Waals surface area contributed by atoms with Gasteiger partial charge >= 0.3 is 0 Å². The predicted molar refractivity (Wildman–Crippen MR) is 80.3 cm³/mol. The van der Waals surface area contributed by atoms with Gasteiger partial charge in [-0.3, -0.25) is 14.2 Å². The summed E-state index contributed by atoms with van der Waals surface area (Å²) in [6, 6.07) is 9.46. The maximum absolute atomic E-state index is 11.3. The van der Waals surface area contributed by atoms with Crippen molar-refractivity contribution in [3.63, 3.8) is 0 Å². The van der Waals surface area contributed by atoms with Crippen LogP contribution in [0.3, 0.4) is 0 Å². The number of thiazole rings is 1. The molecule has 4 aromatic rings. The number of fused-ring (bicyclic) bond motifs is 2. The van der Waals surface area contributed by atoms with Gasteiger partial charge in [0.05, 0.1) is 5.52 Å². The number of hydrogen-bond acceptors (Lipinski definition) is 5. The Labute approximate surface area is 123 Å². The van der Waals surface area contributed by atoms with Crippen molar-refractivity contribution in [2.45, 2.75) is 0 Å². The first-order valence-corrected chi connectivity index (χ1v) is 7.16. The maximum Gasteiger partial charge on any atom is 0.250 e. The summed E-state index contributed by atoms with van der Waals surface area (Å²) in [5.74, 6) is 0.919. The smallest absolute Gasteiger partial charge is 0.250 e. The normalized spacial score (nSPS) is 11.0. The average molecular weight is 295 g/mol. The number of carbonyl (C=O) groups excluding carboxylic acids is 1. The summed E-state index contributed by atoms with van der Waals surface area (Å²) in [5, 5.41) is 2.91. The fraction of sp³-hybridized carbons (Fsp3) is 0.